The molecule has 4 nitrogen and oxygen atoms in total. The van der Waals surface area contributed by atoms with Crippen molar-refractivity contribution in [3.05, 3.63) is 33.4 Å². The van der Waals surface area contributed by atoms with Crippen molar-refractivity contribution in [3.63, 3.8) is 0 Å². The predicted octanol–water partition coefficient (Wildman–Crippen LogP) is 1.70. The lowest BCUT2D eigenvalue weighted by Gasteiger charge is -2.27. The highest BCUT2D eigenvalue weighted by molar-refractivity contribution is 9.11. The Kier molecular flexibility index (Phi) is 4.23. The molecular weight excluding hydrogens is 320 g/mol. The first-order valence-corrected chi connectivity index (χ1v) is 6.43. The van der Waals surface area contributed by atoms with Gasteiger partial charge >= 0.3 is 7.12 Å². The average molecular weight is 334 g/mol. The van der Waals surface area contributed by atoms with Gasteiger partial charge in [-0.1, -0.05) is 15.9 Å². The van der Waals surface area contributed by atoms with Crippen LogP contribution in [0.25, 0.3) is 0 Å². The molecule has 7 heteroatoms. The van der Waals surface area contributed by atoms with Crippen LogP contribution in [0.3, 0.4) is 0 Å². The van der Waals surface area contributed by atoms with Crippen molar-refractivity contribution >= 4 is 35.5 Å². The predicted molar refractivity (Wildman–Crippen MR) is 75.5 cm³/mol. The molecule has 3 rings (SSSR count). The summed E-state index contributed by atoms with van der Waals surface area (Å²) in [6.45, 7) is 3.00. The van der Waals surface area contributed by atoms with Gasteiger partial charge in [0, 0.05) is 11.0 Å². The number of nitrogens with two attached hydrogens (primary N) is 1. The Hall–Kier alpha value is -0.265. The quantitative estimate of drug-likeness (QED) is 0.742. The van der Waals surface area contributed by atoms with E-state index >= 15 is 0 Å². The van der Waals surface area contributed by atoms with E-state index < -0.39 is 0 Å². The molecule has 0 fully saturated rings. The summed E-state index contributed by atoms with van der Waals surface area (Å²) in [5.74, 6) is 0. The second-order valence-corrected chi connectivity index (χ2v) is 5.14. The van der Waals surface area contributed by atoms with Crippen LogP contribution < -0.4 is 5.73 Å². The summed E-state index contributed by atoms with van der Waals surface area (Å²) in [7, 11) is -0.309. The Bertz CT molecular complexity index is 452. The minimum Gasteiger partial charge on any atom is -0.497 e. The van der Waals surface area contributed by atoms with Gasteiger partial charge in [-0.3, -0.25) is 0 Å². The van der Waals surface area contributed by atoms with Gasteiger partial charge in [0.05, 0.1) is 18.5 Å². The molecule has 0 spiro atoms. The summed E-state index contributed by atoms with van der Waals surface area (Å²) in [6, 6.07) is 0. The van der Waals surface area contributed by atoms with E-state index in [0.717, 1.165) is 21.1 Å². The lowest BCUT2D eigenvalue weighted by Crippen LogP contribution is -2.38. The van der Waals surface area contributed by atoms with Gasteiger partial charge in [0.1, 0.15) is 6.61 Å². The van der Waals surface area contributed by atoms with Crippen molar-refractivity contribution in [1.82, 2.24) is 0 Å². The fourth-order valence-electron chi connectivity index (χ4n) is 2.39. The average Bonchev–Trinajstić information content (AvgIpc) is 2.53. The third-order valence-electron chi connectivity index (χ3n) is 3.30. The minimum absolute atomic E-state index is 0. The molecule has 0 aromatic rings. The Morgan fingerprint density at radius 2 is 2.28 bits per heavy atom. The summed E-state index contributed by atoms with van der Waals surface area (Å²) in [5, 5.41) is 0. The minimum atomic E-state index is -0.309. The zero-order valence-electron chi connectivity index (χ0n) is 9.89. The molecule has 98 valence electrons. The summed E-state index contributed by atoms with van der Waals surface area (Å²) < 4.78 is 18.0. The van der Waals surface area contributed by atoms with Gasteiger partial charge in [-0.05, 0) is 29.6 Å². The summed E-state index contributed by atoms with van der Waals surface area (Å²) in [6.07, 6.45) is 3.55. The van der Waals surface area contributed by atoms with Crippen LogP contribution in [-0.2, 0) is 14.0 Å². The SMILES string of the molecule is CC1OB2OC(CN)C(Br)=C3C=COCC1=C23.Cl. The van der Waals surface area contributed by atoms with Crippen molar-refractivity contribution in [2.45, 2.75) is 19.1 Å². The van der Waals surface area contributed by atoms with Crippen molar-refractivity contribution in [1.29, 1.82) is 0 Å². The van der Waals surface area contributed by atoms with Gasteiger partial charge in [0.25, 0.3) is 0 Å². The van der Waals surface area contributed by atoms with Gasteiger partial charge in [-0.2, -0.15) is 0 Å². The number of allylic oxidation sites excluding steroid dienone is 3. The highest BCUT2D eigenvalue weighted by Gasteiger charge is 2.45. The number of hydrogen-bond donors (Lipinski definition) is 1. The monoisotopic (exact) mass is 333 g/mol. The normalized spacial score (nSPS) is 29.8. The Labute approximate surface area is 121 Å². The zero-order chi connectivity index (χ0) is 12.0. The van der Waals surface area contributed by atoms with Crippen LogP contribution in [0.2, 0.25) is 0 Å². The van der Waals surface area contributed by atoms with Crippen LogP contribution in [0.15, 0.2) is 33.4 Å². The molecule has 0 saturated carbocycles. The molecule has 0 saturated heterocycles. The summed E-state index contributed by atoms with van der Waals surface area (Å²) in [4.78, 5) is 0. The van der Waals surface area contributed by atoms with E-state index in [-0.39, 0.29) is 31.7 Å². The van der Waals surface area contributed by atoms with Crippen LogP contribution in [0.5, 0.6) is 0 Å². The smallest absolute Gasteiger partial charge is 0.495 e. The summed E-state index contributed by atoms with van der Waals surface area (Å²) >= 11 is 3.57. The molecule has 2 unspecified atom stereocenters. The molecule has 2 N–H and O–H groups in total. The zero-order valence-corrected chi connectivity index (χ0v) is 12.3. The molecule has 0 bridgehead atoms. The van der Waals surface area contributed by atoms with E-state index in [0.29, 0.717) is 13.2 Å². The van der Waals surface area contributed by atoms with Gasteiger partial charge in [0.2, 0.25) is 0 Å². The van der Waals surface area contributed by atoms with Gasteiger partial charge in [0.15, 0.2) is 0 Å². The number of ether oxygens (including phenoxy) is 1. The maximum absolute atomic E-state index is 5.83. The molecule has 0 aliphatic carbocycles. The van der Waals surface area contributed by atoms with E-state index in [9.17, 15) is 0 Å². The first-order valence-electron chi connectivity index (χ1n) is 5.64. The second-order valence-electron chi connectivity index (χ2n) is 4.28. The number of halogens is 2. The van der Waals surface area contributed by atoms with Crippen LogP contribution in [0, 0.1) is 0 Å². The van der Waals surface area contributed by atoms with Crippen molar-refractivity contribution in [2.75, 3.05) is 13.2 Å². The molecule has 0 aromatic heterocycles. The first-order chi connectivity index (χ1) is 8.22. The lowest BCUT2D eigenvalue weighted by molar-refractivity contribution is 0.150. The van der Waals surface area contributed by atoms with Gasteiger partial charge in [-0.15, -0.1) is 12.4 Å². The third-order valence-corrected chi connectivity index (χ3v) is 4.24. The van der Waals surface area contributed by atoms with E-state index in [4.69, 9.17) is 19.8 Å². The molecule has 0 amide bonds. The first kappa shape index (κ1) is 14.2. The Morgan fingerprint density at radius 1 is 1.50 bits per heavy atom. The molecule has 2 atom stereocenters. The second kappa shape index (κ2) is 5.39. The van der Waals surface area contributed by atoms with E-state index in [1.54, 1.807) is 6.26 Å². The van der Waals surface area contributed by atoms with Crippen LogP contribution in [-0.4, -0.2) is 32.5 Å². The van der Waals surface area contributed by atoms with Crippen LogP contribution >= 0.6 is 28.3 Å². The van der Waals surface area contributed by atoms with Crippen LogP contribution in [0.4, 0.5) is 0 Å². The Balaban J connectivity index is 0.00000120. The van der Waals surface area contributed by atoms with E-state index in [1.165, 1.54) is 0 Å². The Morgan fingerprint density at radius 3 is 3.00 bits per heavy atom. The van der Waals surface area contributed by atoms with Crippen molar-refractivity contribution in [3.8, 4) is 0 Å². The fraction of sp³-hybridized carbons (Fsp3) is 0.455. The largest absolute Gasteiger partial charge is 0.497 e. The molecule has 3 heterocycles. The topological polar surface area (TPSA) is 53.7 Å². The maximum atomic E-state index is 5.83. The lowest BCUT2D eigenvalue weighted by atomic mass is 9.70. The molecule has 3 aliphatic heterocycles. The van der Waals surface area contributed by atoms with Crippen LogP contribution in [0.1, 0.15) is 6.92 Å². The van der Waals surface area contributed by atoms with Crippen molar-refractivity contribution < 1.29 is 14.0 Å². The third kappa shape index (κ3) is 2.06. The fourth-order valence-corrected chi connectivity index (χ4v) is 3.04. The molecule has 0 aromatic carbocycles. The number of hydrogen-bond acceptors (Lipinski definition) is 4. The molecular formula is C11H14BBrClNO3. The highest BCUT2D eigenvalue weighted by atomic mass is 79.9. The maximum Gasteiger partial charge on any atom is 0.495 e. The molecule has 18 heavy (non-hydrogen) atoms. The van der Waals surface area contributed by atoms with E-state index in [1.807, 2.05) is 13.0 Å². The standard InChI is InChI=1S/C11H13BBrNO3.ClH/c1-6-8-5-15-3-2-7-10(8)12(16-6)17-9(4-14)11(7)13;/h2-3,6,9H,4-5,14H2,1H3;1H. The van der Waals surface area contributed by atoms with E-state index in [2.05, 4.69) is 15.9 Å². The summed E-state index contributed by atoms with van der Waals surface area (Å²) in [5.41, 5.74) is 9.05. The van der Waals surface area contributed by atoms with Gasteiger partial charge in [-0.25, -0.2) is 0 Å². The molecule has 3 aliphatic rings. The van der Waals surface area contributed by atoms with Gasteiger partial charge < -0.3 is 19.8 Å². The highest BCUT2D eigenvalue weighted by Crippen LogP contribution is 2.41. The number of rotatable bonds is 1. The van der Waals surface area contributed by atoms with Crippen molar-refractivity contribution in [2.24, 2.45) is 5.73 Å². The molecule has 0 radical (unpaired) electrons.